The minimum absolute atomic E-state index is 0.235. The molecule has 1 saturated heterocycles. The second-order valence-corrected chi connectivity index (χ2v) is 4.90. The summed E-state index contributed by atoms with van der Waals surface area (Å²) in [6.45, 7) is 1.19. The van der Waals surface area contributed by atoms with Crippen LogP contribution in [-0.4, -0.2) is 18.5 Å². The summed E-state index contributed by atoms with van der Waals surface area (Å²) in [7, 11) is 0. The first kappa shape index (κ1) is 11.6. The molecule has 2 rings (SSSR count). The van der Waals surface area contributed by atoms with Gasteiger partial charge in [-0.15, -0.1) is 11.8 Å². The van der Waals surface area contributed by atoms with Crippen LogP contribution in [0.3, 0.4) is 0 Å². The van der Waals surface area contributed by atoms with Crippen molar-refractivity contribution < 1.29 is 17.9 Å². The molecule has 16 heavy (non-hydrogen) atoms. The van der Waals surface area contributed by atoms with Gasteiger partial charge in [0.25, 0.3) is 0 Å². The van der Waals surface area contributed by atoms with Gasteiger partial charge in [-0.2, -0.15) is 13.2 Å². The van der Waals surface area contributed by atoms with Gasteiger partial charge < -0.3 is 10.5 Å². The van der Waals surface area contributed by atoms with Crippen LogP contribution in [0, 0.1) is 0 Å². The van der Waals surface area contributed by atoms with Gasteiger partial charge in [0.15, 0.2) is 0 Å². The Kier molecular flexibility index (Phi) is 3.03. The summed E-state index contributed by atoms with van der Waals surface area (Å²) >= 11 is 1.39. The summed E-state index contributed by atoms with van der Waals surface area (Å²) in [5.74, 6) is 0. The van der Waals surface area contributed by atoms with Crippen LogP contribution < -0.4 is 5.73 Å². The molecule has 88 valence electrons. The minimum atomic E-state index is -4.39. The Morgan fingerprint density at radius 3 is 2.50 bits per heavy atom. The summed E-state index contributed by atoms with van der Waals surface area (Å²) in [5.41, 5.74) is 4.30. The SMILES string of the molecule is Nc1ccc(SC2COC2)cc1C(F)(F)F. The van der Waals surface area contributed by atoms with E-state index in [0.29, 0.717) is 18.1 Å². The van der Waals surface area contributed by atoms with Gasteiger partial charge in [-0.25, -0.2) is 0 Å². The van der Waals surface area contributed by atoms with Crippen molar-refractivity contribution in [3.63, 3.8) is 0 Å². The van der Waals surface area contributed by atoms with Crippen LogP contribution >= 0.6 is 11.8 Å². The second-order valence-electron chi connectivity index (χ2n) is 3.52. The van der Waals surface area contributed by atoms with E-state index in [2.05, 4.69) is 0 Å². The smallest absolute Gasteiger partial charge is 0.398 e. The van der Waals surface area contributed by atoms with Crippen LogP contribution in [-0.2, 0) is 10.9 Å². The second kappa shape index (κ2) is 4.18. The number of nitrogen functional groups attached to an aromatic ring is 1. The average Bonchev–Trinajstić information content (AvgIpc) is 2.12. The van der Waals surface area contributed by atoms with Crippen LogP contribution in [0.5, 0.6) is 0 Å². The zero-order valence-electron chi connectivity index (χ0n) is 8.25. The molecule has 1 fully saturated rings. The first-order valence-corrected chi connectivity index (χ1v) is 5.56. The molecular weight excluding hydrogens is 239 g/mol. The van der Waals surface area contributed by atoms with Gasteiger partial charge in [-0.05, 0) is 18.2 Å². The lowest BCUT2D eigenvalue weighted by Crippen LogP contribution is -2.30. The number of ether oxygens (including phenoxy) is 1. The number of halogens is 3. The van der Waals surface area contributed by atoms with Crippen molar-refractivity contribution >= 4 is 17.4 Å². The first-order chi connectivity index (χ1) is 7.47. The van der Waals surface area contributed by atoms with Crippen LogP contribution in [0.1, 0.15) is 5.56 Å². The normalized spacial score (nSPS) is 17.2. The Labute approximate surface area is 95.0 Å². The van der Waals surface area contributed by atoms with Crippen LogP contribution in [0.25, 0.3) is 0 Å². The molecule has 0 saturated carbocycles. The van der Waals surface area contributed by atoms with Gasteiger partial charge in [0.2, 0.25) is 0 Å². The Bertz CT molecular complexity index is 390. The molecule has 1 heterocycles. The van der Waals surface area contributed by atoms with Crippen molar-refractivity contribution in [1.29, 1.82) is 0 Å². The molecule has 0 atom stereocenters. The molecule has 2 N–H and O–H groups in total. The third kappa shape index (κ3) is 2.44. The molecule has 0 bridgehead atoms. The summed E-state index contributed by atoms with van der Waals surface area (Å²) in [4.78, 5) is 0.579. The molecule has 0 amide bonds. The highest BCUT2D eigenvalue weighted by Crippen LogP contribution is 2.37. The van der Waals surface area contributed by atoms with E-state index in [0.717, 1.165) is 6.07 Å². The van der Waals surface area contributed by atoms with Crippen molar-refractivity contribution in [1.82, 2.24) is 0 Å². The zero-order chi connectivity index (χ0) is 11.8. The molecule has 1 aliphatic heterocycles. The van der Waals surface area contributed by atoms with Crippen molar-refractivity contribution in [3.05, 3.63) is 23.8 Å². The fraction of sp³-hybridized carbons (Fsp3) is 0.400. The number of hydrogen-bond donors (Lipinski definition) is 1. The average molecular weight is 249 g/mol. The topological polar surface area (TPSA) is 35.2 Å². The Morgan fingerprint density at radius 1 is 1.31 bits per heavy atom. The molecule has 1 aliphatic rings. The molecule has 1 aromatic carbocycles. The van der Waals surface area contributed by atoms with Crippen LogP contribution in [0.15, 0.2) is 23.1 Å². The summed E-state index contributed by atoms with van der Waals surface area (Å²) in [6, 6.07) is 4.00. The Hall–Kier alpha value is -0.880. The number of hydrogen-bond acceptors (Lipinski definition) is 3. The molecule has 1 aromatic rings. The number of nitrogens with two attached hydrogens (primary N) is 1. The van der Waals surface area contributed by atoms with E-state index in [1.54, 1.807) is 6.07 Å². The number of benzene rings is 1. The van der Waals surface area contributed by atoms with Gasteiger partial charge in [0, 0.05) is 10.6 Å². The fourth-order valence-corrected chi connectivity index (χ4v) is 2.37. The predicted molar refractivity (Wildman–Crippen MR) is 56.3 cm³/mol. The van der Waals surface area contributed by atoms with Gasteiger partial charge in [0.05, 0.1) is 24.0 Å². The van der Waals surface area contributed by atoms with Crippen LogP contribution in [0.2, 0.25) is 0 Å². The highest BCUT2D eigenvalue weighted by atomic mass is 32.2. The molecule has 0 unspecified atom stereocenters. The maximum Gasteiger partial charge on any atom is 0.418 e. The van der Waals surface area contributed by atoms with Gasteiger partial charge >= 0.3 is 6.18 Å². The highest BCUT2D eigenvalue weighted by Gasteiger charge is 2.33. The van der Waals surface area contributed by atoms with Crippen molar-refractivity contribution in [3.8, 4) is 0 Å². The standard InChI is InChI=1S/C10H10F3NOS/c11-10(12,13)8-3-6(1-2-9(8)14)16-7-4-15-5-7/h1-3,7H,4-5,14H2. The zero-order valence-corrected chi connectivity index (χ0v) is 9.07. The first-order valence-electron chi connectivity index (χ1n) is 4.68. The van der Waals surface area contributed by atoms with Crippen molar-refractivity contribution in [2.45, 2.75) is 16.3 Å². The number of rotatable bonds is 2. The highest BCUT2D eigenvalue weighted by molar-refractivity contribution is 8.00. The monoisotopic (exact) mass is 249 g/mol. The summed E-state index contributed by atoms with van der Waals surface area (Å²) in [6.07, 6.45) is -4.39. The third-order valence-electron chi connectivity index (χ3n) is 2.24. The van der Waals surface area contributed by atoms with E-state index >= 15 is 0 Å². The lowest BCUT2D eigenvalue weighted by atomic mass is 10.2. The van der Waals surface area contributed by atoms with E-state index < -0.39 is 11.7 Å². The third-order valence-corrected chi connectivity index (χ3v) is 3.37. The molecule has 2 nitrogen and oxygen atoms in total. The lowest BCUT2D eigenvalue weighted by molar-refractivity contribution is -0.137. The fourth-order valence-electron chi connectivity index (χ4n) is 1.33. The van der Waals surface area contributed by atoms with E-state index in [-0.39, 0.29) is 10.9 Å². The minimum Gasteiger partial charge on any atom is -0.398 e. The Balaban J connectivity index is 2.20. The lowest BCUT2D eigenvalue weighted by Gasteiger charge is -2.25. The van der Waals surface area contributed by atoms with Crippen molar-refractivity contribution in [2.24, 2.45) is 0 Å². The maximum absolute atomic E-state index is 12.5. The van der Waals surface area contributed by atoms with Crippen molar-refractivity contribution in [2.75, 3.05) is 18.9 Å². The molecular formula is C10H10F3NOS. The molecule has 0 spiro atoms. The van der Waals surface area contributed by atoms with Crippen LogP contribution in [0.4, 0.5) is 18.9 Å². The summed E-state index contributed by atoms with van der Waals surface area (Å²) < 4.78 is 42.6. The number of alkyl halides is 3. The molecule has 0 aliphatic carbocycles. The van der Waals surface area contributed by atoms with E-state index in [4.69, 9.17) is 10.5 Å². The number of thioether (sulfide) groups is 1. The maximum atomic E-state index is 12.5. The predicted octanol–water partition coefficient (Wildman–Crippen LogP) is 2.78. The molecule has 0 aromatic heterocycles. The van der Waals surface area contributed by atoms with Gasteiger partial charge in [0.1, 0.15) is 0 Å². The molecule has 6 heteroatoms. The quantitative estimate of drug-likeness (QED) is 0.818. The molecule has 0 radical (unpaired) electrons. The van der Waals surface area contributed by atoms with Gasteiger partial charge in [-0.1, -0.05) is 0 Å². The number of anilines is 1. The Morgan fingerprint density at radius 2 is 2.00 bits per heavy atom. The largest absolute Gasteiger partial charge is 0.418 e. The van der Waals surface area contributed by atoms with Gasteiger partial charge in [-0.3, -0.25) is 0 Å². The van der Waals surface area contributed by atoms with E-state index in [1.165, 1.54) is 17.8 Å². The van der Waals surface area contributed by atoms with E-state index in [1.807, 2.05) is 0 Å². The van der Waals surface area contributed by atoms with E-state index in [9.17, 15) is 13.2 Å². The summed E-state index contributed by atoms with van der Waals surface area (Å²) in [5, 5.41) is 0.254.